The zero-order valence-corrected chi connectivity index (χ0v) is 18.7. The van der Waals surface area contributed by atoms with Crippen LogP contribution in [0.25, 0.3) is 10.9 Å². The van der Waals surface area contributed by atoms with Crippen LogP contribution in [0.3, 0.4) is 0 Å². The first-order chi connectivity index (χ1) is 15.0. The summed E-state index contributed by atoms with van der Waals surface area (Å²) in [6.07, 6.45) is 4.56. The topological polar surface area (TPSA) is 75.7 Å². The van der Waals surface area contributed by atoms with Gasteiger partial charge in [0.1, 0.15) is 23.0 Å². The maximum Gasteiger partial charge on any atom is 0.325 e. The van der Waals surface area contributed by atoms with Crippen LogP contribution in [-0.2, 0) is 22.5 Å². The van der Waals surface area contributed by atoms with Crippen LogP contribution in [-0.4, -0.2) is 35.8 Å². The molecule has 0 aliphatic heterocycles. The zero-order chi connectivity index (χ0) is 22.2. The van der Waals surface area contributed by atoms with Crippen molar-refractivity contribution in [3.8, 4) is 11.5 Å². The summed E-state index contributed by atoms with van der Waals surface area (Å²) < 4.78 is 18.4. The first-order valence-electron chi connectivity index (χ1n) is 10.4. The Bertz CT molecular complexity index is 1060. The van der Waals surface area contributed by atoms with Crippen molar-refractivity contribution in [1.29, 1.82) is 0 Å². The summed E-state index contributed by atoms with van der Waals surface area (Å²) >= 11 is 5.07. The molecule has 7 heteroatoms. The highest BCUT2D eigenvalue weighted by molar-refractivity contribution is 7.80. The lowest BCUT2D eigenvalue weighted by Gasteiger charge is -2.13. The van der Waals surface area contributed by atoms with Gasteiger partial charge in [-0.05, 0) is 54.4 Å². The molecule has 0 radical (unpaired) electrons. The Morgan fingerprint density at radius 3 is 2.65 bits per heavy atom. The fourth-order valence-electron chi connectivity index (χ4n) is 3.38. The average Bonchev–Trinajstić information content (AvgIpc) is 3.16. The number of thiocarbonyl (C=S) groups is 1. The highest BCUT2D eigenvalue weighted by atomic mass is 32.1. The molecule has 2 N–H and O–H groups in total. The Hall–Kier alpha value is -3.06. The van der Waals surface area contributed by atoms with E-state index in [-0.39, 0.29) is 12.5 Å². The second kappa shape index (κ2) is 10.8. The van der Waals surface area contributed by atoms with Crippen molar-refractivity contribution in [1.82, 2.24) is 4.57 Å². The molecule has 0 unspecified atom stereocenters. The van der Waals surface area contributed by atoms with Crippen molar-refractivity contribution >= 4 is 34.1 Å². The number of hydrogen-bond acceptors (Lipinski definition) is 5. The van der Waals surface area contributed by atoms with Gasteiger partial charge in [0, 0.05) is 29.1 Å². The van der Waals surface area contributed by atoms with Crippen LogP contribution in [0.1, 0.15) is 30.9 Å². The molecule has 1 aromatic heterocycles. The van der Waals surface area contributed by atoms with E-state index in [2.05, 4.69) is 6.92 Å². The minimum atomic E-state index is -0.278. The van der Waals surface area contributed by atoms with Gasteiger partial charge in [-0.2, -0.15) is 0 Å². The predicted molar refractivity (Wildman–Crippen MR) is 126 cm³/mol. The van der Waals surface area contributed by atoms with E-state index in [4.69, 9.17) is 32.2 Å². The van der Waals surface area contributed by atoms with Gasteiger partial charge in [0.2, 0.25) is 0 Å². The van der Waals surface area contributed by atoms with Gasteiger partial charge in [0.15, 0.2) is 0 Å². The monoisotopic (exact) mass is 440 g/mol. The summed E-state index contributed by atoms with van der Waals surface area (Å²) in [5, 5.41) is 1.01. The van der Waals surface area contributed by atoms with Gasteiger partial charge >= 0.3 is 5.97 Å². The number of carbonyl (C=O) groups is 1. The summed E-state index contributed by atoms with van der Waals surface area (Å²) in [4.78, 5) is 11.9. The van der Waals surface area contributed by atoms with E-state index in [9.17, 15) is 4.79 Å². The molecule has 0 spiro atoms. The first-order valence-corrected chi connectivity index (χ1v) is 10.8. The average molecular weight is 441 g/mol. The van der Waals surface area contributed by atoms with E-state index in [0.717, 1.165) is 52.8 Å². The second-order valence-electron chi connectivity index (χ2n) is 7.23. The summed E-state index contributed by atoms with van der Waals surface area (Å²) in [5.74, 6) is 1.38. The van der Waals surface area contributed by atoms with Crippen molar-refractivity contribution in [2.45, 2.75) is 32.7 Å². The standard InChI is InChI=1S/C24H28N2O4S/c1-3-5-18-14-19(24(25)31)6-9-22(18)30-13-4-12-29-20-7-8-21-17(15-20)10-11-26(21)16-23(27)28-2/h6-11,14-15H,3-5,12-13,16H2,1-2H3,(H2,25,31). The Morgan fingerprint density at radius 2 is 1.90 bits per heavy atom. The molecule has 0 bridgehead atoms. The van der Waals surface area contributed by atoms with E-state index >= 15 is 0 Å². The Morgan fingerprint density at radius 1 is 1.10 bits per heavy atom. The number of aryl methyl sites for hydroxylation is 1. The van der Waals surface area contributed by atoms with Gasteiger partial charge < -0.3 is 24.5 Å². The van der Waals surface area contributed by atoms with E-state index in [1.54, 1.807) is 0 Å². The van der Waals surface area contributed by atoms with Gasteiger partial charge in [0.25, 0.3) is 0 Å². The summed E-state index contributed by atoms with van der Waals surface area (Å²) in [6.45, 7) is 3.42. The fourth-order valence-corrected chi connectivity index (χ4v) is 3.51. The summed E-state index contributed by atoms with van der Waals surface area (Å²) in [5.41, 5.74) is 8.69. The lowest BCUT2D eigenvalue weighted by atomic mass is 10.1. The number of esters is 1. The van der Waals surface area contributed by atoms with Crippen LogP contribution in [0.4, 0.5) is 0 Å². The molecule has 0 saturated carbocycles. The maximum atomic E-state index is 11.5. The van der Waals surface area contributed by atoms with E-state index in [1.165, 1.54) is 7.11 Å². The normalized spacial score (nSPS) is 10.8. The van der Waals surface area contributed by atoms with E-state index < -0.39 is 0 Å². The van der Waals surface area contributed by atoms with Crippen LogP contribution < -0.4 is 15.2 Å². The molecule has 3 rings (SSSR count). The van der Waals surface area contributed by atoms with Gasteiger partial charge in [-0.15, -0.1) is 0 Å². The second-order valence-corrected chi connectivity index (χ2v) is 7.67. The Labute approximate surface area is 187 Å². The third kappa shape index (κ3) is 5.98. The third-order valence-corrected chi connectivity index (χ3v) is 5.18. The van der Waals surface area contributed by atoms with E-state index in [1.807, 2.05) is 53.2 Å². The number of carbonyl (C=O) groups excluding carboxylic acids is 1. The predicted octanol–water partition coefficient (Wildman–Crippen LogP) is 4.25. The largest absolute Gasteiger partial charge is 0.493 e. The molecule has 0 aliphatic rings. The molecule has 0 amide bonds. The fraction of sp³-hybridized carbons (Fsp3) is 0.333. The molecular weight excluding hydrogens is 412 g/mol. The Balaban J connectivity index is 1.51. The minimum Gasteiger partial charge on any atom is -0.493 e. The number of hydrogen-bond donors (Lipinski definition) is 1. The number of aromatic nitrogens is 1. The van der Waals surface area contributed by atoms with Crippen LogP contribution in [0, 0.1) is 0 Å². The molecule has 0 saturated heterocycles. The zero-order valence-electron chi connectivity index (χ0n) is 17.9. The summed E-state index contributed by atoms with van der Waals surface area (Å²) in [7, 11) is 1.39. The third-order valence-electron chi connectivity index (χ3n) is 4.95. The molecule has 0 atom stereocenters. The smallest absolute Gasteiger partial charge is 0.325 e. The van der Waals surface area contributed by atoms with Crippen LogP contribution >= 0.6 is 12.2 Å². The molecular formula is C24H28N2O4S. The van der Waals surface area contributed by atoms with Crippen molar-refractivity contribution < 1.29 is 19.0 Å². The van der Waals surface area contributed by atoms with Crippen molar-refractivity contribution in [3.63, 3.8) is 0 Å². The highest BCUT2D eigenvalue weighted by Gasteiger charge is 2.08. The molecule has 2 aromatic carbocycles. The number of rotatable bonds is 11. The van der Waals surface area contributed by atoms with Gasteiger partial charge in [-0.3, -0.25) is 4.79 Å². The minimum absolute atomic E-state index is 0.190. The van der Waals surface area contributed by atoms with Gasteiger partial charge in [0.05, 0.1) is 20.3 Å². The number of nitrogens with zero attached hydrogens (tertiary/aromatic N) is 1. The molecule has 0 fully saturated rings. The van der Waals surface area contributed by atoms with Crippen LogP contribution in [0.15, 0.2) is 48.7 Å². The van der Waals surface area contributed by atoms with Gasteiger partial charge in [-0.25, -0.2) is 0 Å². The number of ether oxygens (including phenoxy) is 3. The molecule has 164 valence electrons. The highest BCUT2D eigenvalue weighted by Crippen LogP contribution is 2.24. The Kier molecular flexibility index (Phi) is 7.89. The van der Waals surface area contributed by atoms with Crippen molar-refractivity contribution in [2.24, 2.45) is 5.73 Å². The molecule has 0 aliphatic carbocycles. The van der Waals surface area contributed by atoms with Crippen LogP contribution in [0.2, 0.25) is 0 Å². The molecule has 6 nitrogen and oxygen atoms in total. The summed E-state index contributed by atoms with van der Waals surface area (Å²) in [6, 6.07) is 13.6. The van der Waals surface area contributed by atoms with E-state index in [0.29, 0.717) is 18.2 Å². The number of nitrogens with two attached hydrogens (primary N) is 1. The number of methoxy groups -OCH3 is 1. The lowest BCUT2D eigenvalue weighted by Crippen LogP contribution is -2.11. The molecule has 1 heterocycles. The first kappa shape index (κ1) is 22.6. The molecule has 3 aromatic rings. The lowest BCUT2D eigenvalue weighted by molar-refractivity contribution is -0.141. The number of benzene rings is 2. The quantitative estimate of drug-likeness (QED) is 0.273. The van der Waals surface area contributed by atoms with Crippen molar-refractivity contribution in [2.75, 3.05) is 20.3 Å². The maximum absolute atomic E-state index is 11.5. The number of fused-ring (bicyclic) bond motifs is 1. The SMILES string of the molecule is CCCc1cc(C(N)=S)ccc1OCCCOc1ccc2c(ccn2CC(=O)OC)c1. The van der Waals surface area contributed by atoms with Crippen LogP contribution in [0.5, 0.6) is 11.5 Å². The van der Waals surface area contributed by atoms with Gasteiger partial charge in [-0.1, -0.05) is 25.6 Å². The van der Waals surface area contributed by atoms with Crippen molar-refractivity contribution in [3.05, 3.63) is 59.8 Å². The molecule has 31 heavy (non-hydrogen) atoms.